The molecule has 1 unspecified atom stereocenters. The van der Waals surface area contributed by atoms with Crippen LogP contribution in [0.1, 0.15) is 12.8 Å². The average Bonchev–Trinajstić information content (AvgIpc) is 2.28. The summed E-state index contributed by atoms with van der Waals surface area (Å²) in [7, 11) is 0. The van der Waals surface area contributed by atoms with Crippen molar-refractivity contribution in [1.82, 2.24) is 9.97 Å². The molecule has 17 heavy (non-hydrogen) atoms. The maximum Gasteiger partial charge on any atom is 0.512 e. The smallest absolute Gasteiger partial charge is 0.445 e. The van der Waals surface area contributed by atoms with Gasteiger partial charge in [0.15, 0.2) is 0 Å². The molecular weight excluding hydrogens is 234 g/mol. The van der Waals surface area contributed by atoms with Crippen molar-refractivity contribution in [2.75, 3.05) is 18.0 Å². The fraction of sp³-hybridized carbons (Fsp3) is 0.556. The Hall–Kier alpha value is -1.31. The number of aromatic nitrogens is 2. The van der Waals surface area contributed by atoms with Crippen molar-refractivity contribution in [3.8, 4) is 0 Å². The molecular formula is C9H12BF3N3O-. The molecule has 0 radical (unpaired) electrons. The number of nitrogens with zero attached hydrogens (tertiary/aromatic N) is 3. The van der Waals surface area contributed by atoms with E-state index in [0.717, 1.165) is 18.8 Å². The lowest BCUT2D eigenvalue weighted by molar-refractivity contribution is 0.153. The molecule has 4 nitrogen and oxygen atoms in total. The summed E-state index contributed by atoms with van der Waals surface area (Å²) in [5, 5.41) is 9.45. The first-order chi connectivity index (χ1) is 7.97. The number of β-amino-alcohol motifs (C(OH)–C–C–N with tert-alkyl or cyclic N) is 1. The molecule has 2 rings (SSSR count). The second kappa shape index (κ2) is 4.52. The molecule has 0 amide bonds. The average molecular weight is 246 g/mol. The van der Waals surface area contributed by atoms with Crippen LogP contribution in [-0.4, -0.2) is 41.2 Å². The van der Waals surface area contributed by atoms with Gasteiger partial charge in [0.1, 0.15) is 0 Å². The van der Waals surface area contributed by atoms with Crippen LogP contribution in [0, 0.1) is 0 Å². The van der Waals surface area contributed by atoms with Gasteiger partial charge in [-0.15, -0.1) is 0 Å². The zero-order chi connectivity index (χ0) is 12.5. The Balaban J connectivity index is 2.12. The molecule has 0 bridgehead atoms. The Bertz CT molecular complexity index is 384. The highest BCUT2D eigenvalue weighted by molar-refractivity contribution is 6.73. The highest BCUT2D eigenvalue weighted by Crippen LogP contribution is 2.15. The largest absolute Gasteiger partial charge is 0.512 e. The lowest BCUT2D eigenvalue weighted by Gasteiger charge is -2.30. The minimum Gasteiger partial charge on any atom is -0.445 e. The summed E-state index contributed by atoms with van der Waals surface area (Å²) in [6.07, 6.45) is 2.63. The van der Waals surface area contributed by atoms with Gasteiger partial charge in [0.05, 0.1) is 6.10 Å². The molecule has 1 atom stereocenters. The standard InChI is InChI=1S/C9H12BF3N3O/c11-10(12,13)7-4-14-9(15-5-7)16-3-1-2-8(17)6-16/h4-5,8,17H,1-3,6H2/q-1. The molecule has 1 aromatic rings. The number of hydrogen-bond acceptors (Lipinski definition) is 4. The first-order valence-corrected chi connectivity index (χ1v) is 5.42. The summed E-state index contributed by atoms with van der Waals surface area (Å²) >= 11 is 0. The lowest BCUT2D eigenvalue weighted by atomic mass is 9.83. The van der Waals surface area contributed by atoms with E-state index >= 15 is 0 Å². The van der Waals surface area contributed by atoms with Crippen LogP contribution in [0.4, 0.5) is 18.9 Å². The van der Waals surface area contributed by atoms with Crippen molar-refractivity contribution in [3.63, 3.8) is 0 Å². The molecule has 0 saturated carbocycles. The van der Waals surface area contributed by atoms with Crippen LogP contribution in [0.3, 0.4) is 0 Å². The molecule has 1 aliphatic heterocycles. The van der Waals surface area contributed by atoms with Crippen molar-refractivity contribution >= 4 is 18.4 Å². The van der Waals surface area contributed by atoms with Gasteiger partial charge >= 0.3 is 6.98 Å². The molecule has 1 N–H and O–H groups in total. The van der Waals surface area contributed by atoms with E-state index in [0.29, 0.717) is 19.5 Å². The van der Waals surface area contributed by atoms with Gasteiger partial charge in [-0.05, 0) is 12.8 Å². The van der Waals surface area contributed by atoms with Crippen molar-refractivity contribution in [2.24, 2.45) is 0 Å². The number of aliphatic hydroxyl groups is 1. The topological polar surface area (TPSA) is 49.2 Å². The second-order valence-corrected chi connectivity index (χ2v) is 4.13. The van der Waals surface area contributed by atoms with Gasteiger partial charge in [-0.25, -0.2) is 9.97 Å². The van der Waals surface area contributed by atoms with Crippen LogP contribution >= 0.6 is 0 Å². The molecule has 0 spiro atoms. The predicted octanol–water partition coefficient (Wildman–Crippen LogP) is 0.492. The van der Waals surface area contributed by atoms with Gasteiger partial charge in [-0.2, -0.15) is 0 Å². The molecule has 1 aliphatic rings. The SMILES string of the molecule is OC1CCCN(c2ncc([B-](F)(F)F)cn2)C1. The summed E-state index contributed by atoms with van der Waals surface area (Å²) < 4.78 is 37.1. The van der Waals surface area contributed by atoms with Crippen LogP contribution in [0.25, 0.3) is 0 Å². The van der Waals surface area contributed by atoms with Gasteiger partial charge in [0.2, 0.25) is 5.95 Å². The van der Waals surface area contributed by atoms with Crippen LogP contribution in [0.2, 0.25) is 0 Å². The van der Waals surface area contributed by atoms with Crippen molar-refractivity contribution < 1.29 is 18.1 Å². The summed E-state index contributed by atoms with van der Waals surface area (Å²) in [4.78, 5) is 9.10. The Morgan fingerprint density at radius 2 is 1.94 bits per heavy atom. The number of piperidine rings is 1. The van der Waals surface area contributed by atoms with Crippen molar-refractivity contribution in [2.45, 2.75) is 18.9 Å². The van der Waals surface area contributed by atoms with Crippen LogP contribution in [-0.2, 0) is 0 Å². The number of hydrogen-bond donors (Lipinski definition) is 1. The maximum absolute atomic E-state index is 12.4. The number of anilines is 1. The van der Waals surface area contributed by atoms with E-state index in [1.165, 1.54) is 0 Å². The summed E-state index contributed by atoms with van der Waals surface area (Å²) in [6.45, 7) is -4.01. The summed E-state index contributed by atoms with van der Waals surface area (Å²) in [5.41, 5.74) is -0.800. The number of rotatable bonds is 2. The van der Waals surface area contributed by atoms with Crippen LogP contribution in [0.15, 0.2) is 12.4 Å². The van der Waals surface area contributed by atoms with E-state index in [1.807, 2.05) is 0 Å². The molecule has 1 saturated heterocycles. The molecule has 8 heteroatoms. The molecule has 2 heterocycles. The van der Waals surface area contributed by atoms with E-state index < -0.39 is 18.5 Å². The zero-order valence-corrected chi connectivity index (χ0v) is 9.06. The Labute approximate surface area is 96.5 Å². The molecule has 94 valence electrons. The van der Waals surface area contributed by atoms with E-state index in [2.05, 4.69) is 9.97 Å². The normalized spacial score (nSPS) is 21.6. The number of aliphatic hydroxyl groups excluding tert-OH is 1. The van der Waals surface area contributed by atoms with Crippen molar-refractivity contribution in [1.29, 1.82) is 0 Å². The van der Waals surface area contributed by atoms with Crippen molar-refractivity contribution in [3.05, 3.63) is 12.4 Å². The third kappa shape index (κ3) is 2.88. The first kappa shape index (κ1) is 12.2. The van der Waals surface area contributed by atoms with E-state index in [1.54, 1.807) is 4.90 Å². The Morgan fingerprint density at radius 1 is 1.29 bits per heavy atom. The minimum atomic E-state index is -5.04. The van der Waals surface area contributed by atoms with E-state index in [-0.39, 0.29) is 5.95 Å². The quantitative estimate of drug-likeness (QED) is 0.771. The van der Waals surface area contributed by atoms with Gasteiger partial charge in [0, 0.05) is 25.5 Å². The van der Waals surface area contributed by atoms with Gasteiger partial charge in [-0.1, -0.05) is 5.46 Å². The third-order valence-electron chi connectivity index (χ3n) is 2.72. The molecule has 0 aromatic carbocycles. The van der Waals surface area contributed by atoms with Gasteiger partial charge < -0.3 is 23.0 Å². The van der Waals surface area contributed by atoms with Crippen LogP contribution < -0.4 is 10.4 Å². The fourth-order valence-electron chi connectivity index (χ4n) is 1.80. The molecule has 1 fully saturated rings. The van der Waals surface area contributed by atoms with Gasteiger partial charge in [-0.3, -0.25) is 0 Å². The van der Waals surface area contributed by atoms with E-state index in [4.69, 9.17) is 0 Å². The van der Waals surface area contributed by atoms with E-state index in [9.17, 15) is 18.1 Å². The highest BCUT2D eigenvalue weighted by Gasteiger charge is 2.27. The monoisotopic (exact) mass is 246 g/mol. The molecule has 0 aliphatic carbocycles. The maximum atomic E-state index is 12.4. The highest BCUT2D eigenvalue weighted by atomic mass is 19.4. The van der Waals surface area contributed by atoms with Gasteiger partial charge in [0.25, 0.3) is 0 Å². The summed E-state index contributed by atoms with van der Waals surface area (Å²) in [6, 6.07) is 0. The third-order valence-corrected chi connectivity index (χ3v) is 2.72. The molecule has 1 aromatic heterocycles. The fourth-order valence-corrected chi connectivity index (χ4v) is 1.80. The zero-order valence-electron chi connectivity index (χ0n) is 9.06. The second-order valence-electron chi connectivity index (χ2n) is 4.13. The van der Waals surface area contributed by atoms with Crippen LogP contribution in [0.5, 0.6) is 0 Å². The predicted molar refractivity (Wildman–Crippen MR) is 58.2 cm³/mol. The Kier molecular flexibility index (Phi) is 3.23. The number of halogens is 3. The first-order valence-electron chi connectivity index (χ1n) is 5.42. The minimum absolute atomic E-state index is 0.243. The summed E-state index contributed by atoms with van der Waals surface area (Å²) in [5.74, 6) is 0.243. The lowest BCUT2D eigenvalue weighted by Crippen LogP contribution is -2.40. The Morgan fingerprint density at radius 3 is 2.47 bits per heavy atom.